The van der Waals surface area contributed by atoms with Gasteiger partial charge in [-0.15, -0.1) is 0 Å². The quantitative estimate of drug-likeness (QED) is 0.592. The smallest absolute Gasteiger partial charge is 0.288 e. The highest BCUT2D eigenvalue weighted by Crippen LogP contribution is 2.29. The molecule has 0 aliphatic heterocycles. The van der Waals surface area contributed by atoms with Crippen LogP contribution in [-0.4, -0.2) is 5.78 Å². The minimum absolute atomic E-state index is 0.0847. The first-order chi connectivity index (χ1) is 10.5. The van der Waals surface area contributed by atoms with Gasteiger partial charge in [-0.1, -0.05) is 25.1 Å². The zero-order valence-corrected chi connectivity index (χ0v) is 14.3. The average molecular weight is 315 g/mol. The van der Waals surface area contributed by atoms with Crippen molar-refractivity contribution in [1.29, 1.82) is 0 Å². The first kappa shape index (κ1) is 16.4. The van der Waals surface area contributed by atoms with Gasteiger partial charge >= 0.3 is 8.69 Å². The van der Waals surface area contributed by atoms with Crippen molar-refractivity contribution in [3.05, 3.63) is 63.7 Å². The molecular weight excluding hydrogens is 295 g/mol. The number of aryl methyl sites for hydroxylation is 2. The van der Waals surface area contributed by atoms with Gasteiger partial charge in [0.1, 0.15) is 0 Å². The molecule has 0 heterocycles. The van der Waals surface area contributed by atoms with Gasteiger partial charge in [0.25, 0.3) is 0 Å². The van der Waals surface area contributed by atoms with Gasteiger partial charge in [0.2, 0.25) is 0 Å². The molecule has 3 nitrogen and oxygen atoms in total. The van der Waals surface area contributed by atoms with E-state index in [9.17, 15) is 9.36 Å². The van der Waals surface area contributed by atoms with E-state index in [-0.39, 0.29) is 5.78 Å². The van der Waals surface area contributed by atoms with Crippen molar-refractivity contribution in [2.24, 2.45) is 0 Å². The molecule has 2 aromatic rings. The van der Waals surface area contributed by atoms with Gasteiger partial charge in [-0.05, 0) is 66.1 Å². The number of hydrogen-bond acceptors (Lipinski definition) is 3. The maximum atomic E-state index is 13.0. The molecular formula is C18H20O3P+. The van der Waals surface area contributed by atoms with Crippen molar-refractivity contribution in [3.63, 3.8) is 0 Å². The summed E-state index contributed by atoms with van der Waals surface area (Å²) in [6.07, 6.45) is 0.887. The van der Waals surface area contributed by atoms with Crippen LogP contribution in [0, 0.1) is 20.8 Å². The molecule has 0 bridgehead atoms. The lowest BCUT2D eigenvalue weighted by atomic mass is 9.88. The van der Waals surface area contributed by atoms with Crippen molar-refractivity contribution >= 4 is 14.5 Å². The predicted molar refractivity (Wildman–Crippen MR) is 89.5 cm³/mol. The molecule has 114 valence electrons. The molecule has 0 aliphatic rings. The van der Waals surface area contributed by atoms with E-state index in [1.165, 1.54) is 11.1 Å². The zero-order chi connectivity index (χ0) is 16.3. The van der Waals surface area contributed by atoms with Crippen LogP contribution >= 0.6 is 8.69 Å². The molecule has 1 atom stereocenters. The van der Waals surface area contributed by atoms with Crippen molar-refractivity contribution in [3.8, 4) is 5.75 Å². The summed E-state index contributed by atoms with van der Waals surface area (Å²) in [5, 5.41) is 0. The third kappa shape index (κ3) is 2.95. The molecule has 2 rings (SSSR count). The van der Waals surface area contributed by atoms with Gasteiger partial charge < -0.3 is 0 Å². The van der Waals surface area contributed by atoms with Crippen molar-refractivity contribution in [1.82, 2.24) is 0 Å². The van der Waals surface area contributed by atoms with Crippen LogP contribution in [0.15, 0.2) is 30.3 Å². The van der Waals surface area contributed by atoms with Crippen LogP contribution in [0.4, 0.5) is 0 Å². The van der Waals surface area contributed by atoms with E-state index >= 15 is 0 Å². The van der Waals surface area contributed by atoms with Crippen LogP contribution in [0.25, 0.3) is 0 Å². The van der Waals surface area contributed by atoms with Gasteiger partial charge in [-0.3, -0.25) is 9.32 Å². The summed E-state index contributed by atoms with van der Waals surface area (Å²) in [6, 6.07) is 8.98. The monoisotopic (exact) mass is 315 g/mol. The third-order valence-corrected chi connectivity index (χ3v) is 4.30. The second-order valence-electron chi connectivity index (χ2n) is 5.35. The third-order valence-electron chi connectivity index (χ3n) is 3.99. The number of rotatable bonds is 5. The Morgan fingerprint density at radius 1 is 1.14 bits per heavy atom. The summed E-state index contributed by atoms with van der Waals surface area (Å²) in [7, 11) is -0.930. The Kier molecular flexibility index (Phi) is 5.10. The number of ketones is 1. The Balaban J connectivity index is 2.62. The fourth-order valence-electron chi connectivity index (χ4n) is 3.04. The molecule has 0 amide bonds. The fraction of sp³-hybridized carbons (Fsp3) is 0.278. The Labute approximate surface area is 132 Å². The van der Waals surface area contributed by atoms with E-state index < -0.39 is 8.69 Å². The molecule has 0 saturated heterocycles. The lowest BCUT2D eigenvalue weighted by molar-refractivity contribution is 0.103. The van der Waals surface area contributed by atoms with Gasteiger partial charge in [0.05, 0.1) is 5.56 Å². The molecule has 0 saturated carbocycles. The molecule has 2 aromatic carbocycles. The van der Waals surface area contributed by atoms with Crippen molar-refractivity contribution in [2.75, 3.05) is 0 Å². The van der Waals surface area contributed by atoms with E-state index in [4.69, 9.17) is 4.52 Å². The van der Waals surface area contributed by atoms with Gasteiger partial charge in [0, 0.05) is 5.56 Å². The number of benzene rings is 2. The average Bonchev–Trinajstić information content (AvgIpc) is 2.48. The number of carbonyl (C=O) groups excluding carboxylic acids is 1. The Hall–Kier alpha value is -1.99. The summed E-state index contributed by atoms with van der Waals surface area (Å²) < 4.78 is 15.9. The van der Waals surface area contributed by atoms with E-state index in [0.717, 1.165) is 17.5 Å². The fourth-order valence-corrected chi connectivity index (χ4v) is 3.31. The molecule has 0 fully saturated rings. The number of hydrogen-bond donors (Lipinski definition) is 0. The normalized spacial score (nSPS) is 10.7. The summed E-state index contributed by atoms with van der Waals surface area (Å²) in [5.41, 5.74) is 5.55. The van der Waals surface area contributed by atoms with Crippen LogP contribution < -0.4 is 4.52 Å². The maximum Gasteiger partial charge on any atom is 0.542 e. The standard InChI is InChI=1S/C18H20O3P/c1-5-14-11(2)10-12(3)17(13(14)4)18(19)15-8-6-7-9-16(15)21-22-20/h6-10,22H,5H2,1-4H3/q+1. The summed E-state index contributed by atoms with van der Waals surface area (Å²) >= 11 is 0. The highest BCUT2D eigenvalue weighted by atomic mass is 31.1. The first-order valence-corrected chi connectivity index (χ1v) is 8.10. The van der Waals surface area contributed by atoms with E-state index in [1.807, 2.05) is 13.8 Å². The molecule has 0 radical (unpaired) electrons. The first-order valence-electron chi connectivity index (χ1n) is 7.28. The zero-order valence-electron chi connectivity index (χ0n) is 13.3. The SMILES string of the molecule is CCc1c(C)cc(C)c(C(=O)c2ccccc2O[PH+]=O)c1C. The minimum atomic E-state index is -0.930. The summed E-state index contributed by atoms with van der Waals surface area (Å²) in [4.78, 5) is 13.0. The lowest BCUT2D eigenvalue weighted by Crippen LogP contribution is -2.10. The predicted octanol–water partition coefficient (Wildman–Crippen LogP) is 4.72. The van der Waals surface area contributed by atoms with Crippen molar-refractivity contribution < 1.29 is 13.9 Å². The minimum Gasteiger partial charge on any atom is -0.288 e. The summed E-state index contributed by atoms with van der Waals surface area (Å²) in [5.74, 6) is 0.275. The summed E-state index contributed by atoms with van der Waals surface area (Å²) in [6.45, 7) is 8.10. The van der Waals surface area contributed by atoms with E-state index in [0.29, 0.717) is 16.9 Å². The second kappa shape index (κ2) is 6.85. The van der Waals surface area contributed by atoms with Crippen LogP contribution in [0.5, 0.6) is 5.75 Å². The lowest BCUT2D eigenvalue weighted by Gasteiger charge is -2.16. The van der Waals surface area contributed by atoms with E-state index in [1.54, 1.807) is 24.3 Å². The number of carbonyl (C=O) groups is 1. The Bertz CT molecular complexity index is 735. The topological polar surface area (TPSA) is 43.4 Å². The van der Waals surface area contributed by atoms with Crippen molar-refractivity contribution in [2.45, 2.75) is 34.1 Å². The Morgan fingerprint density at radius 2 is 1.82 bits per heavy atom. The maximum absolute atomic E-state index is 13.0. The van der Waals surface area contributed by atoms with Gasteiger partial charge in [-0.25, -0.2) is 0 Å². The van der Waals surface area contributed by atoms with Crippen LogP contribution in [0.1, 0.15) is 45.1 Å². The molecule has 0 N–H and O–H groups in total. The molecule has 4 heteroatoms. The highest BCUT2D eigenvalue weighted by molar-refractivity contribution is 7.17. The molecule has 0 aliphatic carbocycles. The molecule has 0 aromatic heterocycles. The molecule has 0 spiro atoms. The Morgan fingerprint density at radius 3 is 2.45 bits per heavy atom. The van der Waals surface area contributed by atoms with Crippen LogP contribution in [-0.2, 0) is 11.0 Å². The molecule has 1 unspecified atom stereocenters. The largest absolute Gasteiger partial charge is 0.542 e. The second-order valence-corrected chi connectivity index (χ2v) is 5.72. The van der Waals surface area contributed by atoms with Crippen LogP contribution in [0.2, 0.25) is 0 Å². The van der Waals surface area contributed by atoms with Crippen LogP contribution in [0.3, 0.4) is 0 Å². The number of para-hydroxylation sites is 1. The van der Waals surface area contributed by atoms with Gasteiger partial charge in [-0.2, -0.15) is 0 Å². The molecule has 22 heavy (non-hydrogen) atoms. The van der Waals surface area contributed by atoms with E-state index in [2.05, 4.69) is 19.9 Å². The van der Waals surface area contributed by atoms with Gasteiger partial charge in [0.15, 0.2) is 11.5 Å². The highest BCUT2D eigenvalue weighted by Gasteiger charge is 2.21.